The molecule has 1 aromatic heterocycles. The van der Waals surface area contributed by atoms with Gasteiger partial charge >= 0.3 is 10.9 Å². The summed E-state index contributed by atoms with van der Waals surface area (Å²) in [5.41, 5.74) is 1.12. The minimum Gasteiger partial charge on any atom is -0.479 e. The van der Waals surface area contributed by atoms with Crippen LogP contribution in [0.25, 0.3) is 21.4 Å². The zero-order chi connectivity index (χ0) is 22.0. The van der Waals surface area contributed by atoms with Gasteiger partial charge in [-0.1, -0.05) is 23.5 Å². The number of fused-ring (bicyclic) bond motifs is 1. The highest BCUT2D eigenvalue weighted by Gasteiger charge is 2.16. The molecular formula is C21H12FNO7S. The van der Waals surface area contributed by atoms with E-state index >= 15 is 0 Å². The number of nitro groups is 1. The lowest BCUT2D eigenvalue weighted by molar-refractivity contribution is -0.384. The molecule has 4 aromatic rings. The van der Waals surface area contributed by atoms with Crippen LogP contribution in [0.4, 0.5) is 10.1 Å². The van der Waals surface area contributed by atoms with E-state index in [0.717, 1.165) is 11.3 Å². The number of halogens is 1. The van der Waals surface area contributed by atoms with Crippen LogP contribution in [0.5, 0.6) is 11.5 Å². The van der Waals surface area contributed by atoms with Gasteiger partial charge in [-0.2, -0.15) is 0 Å². The predicted octanol–water partition coefficient (Wildman–Crippen LogP) is 4.55. The Morgan fingerprint density at radius 1 is 1.13 bits per heavy atom. The minimum atomic E-state index is -0.784. The smallest absolute Gasteiger partial charge is 0.396 e. The maximum absolute atomic E-state index is 13.6. The summed E-state index contributed by atoms with van der Waals surface area (Å²) in [7, 11) is 0. The molecule has 0 aliphatic heterocycles. The van der Waals surface area contributed by atoms with Crippen molar-refractivity contribution in [2.45, 2.75) is 0 Å². The van der Waals surface area contributed by atoms with Gasteiger partial charge in [0.15, 0.2) is 23.8 Å². The predicted molar refractivity (Wildman–Crippen MR) is 110 cm³/mol. The van der Waals surface area contributed by atoms with Crippen LogP contribution >= 0.6 is 11.3 Å². The number of hydrogen-bond donors (Lipinski definition) is 0. The van der Waals surface area contributed by atoms with Gasteiger partial charge in [-0.15, -0.1) is 0 Å². The van der Waals surface area contributed by atoms with Gasteiger partial charge in [-0.3, -0.25) is 10.1 Å². The van der Waals surface area contributed by atoms with Crippen molar-refractivity contribution in [1.29, 1.82) is 0 Å². The fourth-order valence-electron chi connectivity index (χ4n) is 2.85. The quantitative estimate of drug-likeness (QED) is 0.187. The number of carbonyl (C=O) groups excluding carboxylic acids is 1. The zero-order valence-corrected chi connectivity index (χ0v) is 16.4. The van der Waals surface area contributed by atoms with Crippen molar-refractivity contribution >= 4 is 33.3 Å². The summed E-state index contributed by atoms with van der Waals surface area (Å²) >= 11 is 0.820. The summed E-state index contributed by atoms with van der Waals surface area (Å²) in [6.45, 7) is -0.534. The van der Waals surface area contributed by atoms with Crippen molar-refractivity contribution < 1.29 is 28.0 Å². The standard InChI is InChI=1S/C21H12FNO7S/c22-16-3-1-2-4-17(16)28-11-19(24)29-14-9-15(20-18(10-14)31-21(25)30-20)12-5-7-13(8-6-12)23(26)27/h1-10H,11H2. The molecule has 0 N–H and O–H groups in total. The number of rotatable bonds is 6. The SMILES string of the molecule is O=C(COc1ccccc1F)Oc1cc(-c2ccc([N+](=O)[O-])cc2)c2oc(=O)sc2c1. The first-order valence-electron chi connectivity index (χ1n) is 8.81. The summed E-state index contributed by atoms with van der Waals surface area (Å²) in [6, 6.07) is 14.2. The summed E-state index contributed by atoms with van der Waals surface area (Å²) in [6.07, 6.45) is 0. The molecule has 0 radical (unpaired) electrons. The Bertz CT molecular complexity index is 1340. The van der Waals surface area contributed by atoms with Crippen LogP contribution < -0.4 is 14.4 Å². The third kappa shape index (κ3) is 4.43. The van der Waals surface area contributed by atoms with E-state index in [9.17, 15) is 24.1 Å². The molecule has 0 spiro atoms. The second-order valence-corrected chi connectivity index (χ2v) is 7.23. The van der Waals surface area contributed by atoms with Gasteiger partial charge in [-0.25, -0.2) is 14.0 Å². The van der Waals surface area contributed by atoms with Crippen molar-refractivity contribution in [3.05, 3.63) is 86.3 Å². The van der Waals surface area contributed by atoms with Gasteiger partial charge in [0, 0.05) is 23.8 Å². The van der Waals surface area contributed by atoms with Crippen LogP contribution in [-0.4, -0.2) is 17.5 Å². The molecule has 0 aliphatic carbocycles. The molecule has 0 fully saturated rings. The molecule has 4 rings (SSSR count). The minimum absolute atomic E-state index is 0.0884. The van der Waals surface area contributed by atoms with E-state index in [-0.39, 0.29) is 22.8 Å². The highest BCUT2D eigenvalue weighted by molar-refractivity contribution is 7.16. The number of hydrogen-bond acceptors (Lipinski definition) is 8. The molecule has 0 atom stereocenters. The van der Waals surface area contributed by atoms with Crippen LogP contribution in [0.3, 0.4) is 0 Å². The molecule has 0 saturated heterocycles. The fraction of sp³-hybridized carbons (Fsp3) is 0.0476. The first-order chi connectivity index (χ1) is 14.9. The molecule has 10 heteroatoms. The van der Waals surface area contributed by atoms with Gasteiger partial charge < -0.3 is 13.9 Å². The Morgan fingerprint density at radius 3 is 2.58 bits per heavy atom. The zero-order valence-electron chi connectivity index (χ0n) is 15.6. The average molecular weight is 441 g/mol. The molecule has 0 bridgehead atoms. The normalized spacial score (nSPS) is 10.7. The maximum atomic E-state index is 13.6. The number of para-hydroxylation sites is 1. The lowest BCUT2D eigenvalue weighted by Gasteiger charge is -2.09. The number of carbonyl (C=O) groups is 1. The first-order valence-corrected chi connectivity index (χ1v) is 9.63. The van der Waals surface area contributed by atoms with E-state index in [1.807, 2.05) is 0 Å². The van der Waals surface area contributed by atoms with Crippen molar-refractivity contribution in [1.82, 2.24) is 0 Å². The van der Waals surface area contributed by atoms with Crippen molar-refractivity contribution in [2.24, 2.45) is 0 Å². The largest absolute Gasteiger partial charge is 0.479 e. The first kappa shape index (κ1) is 20.2. The topological polar surface area (TPSA) is 109 Å². The lowest BCUT2D eigenvalue weighted by Crippen LogP contribution is -2.18. The molecule has 156 valence electrons. The second-order valence-electron chi connectivity index (χ2n) is 6.25. The monoisotopic (exact) mass is 441 g/mol. The van der Waals surface area contributed by atoms with E-state index in [0.29, 0.717) is 15.8 Å². The highest BCUT2D eigenvalue weighted by Crippen LogP contribution is 2.35. The Morgan fingerprint density at radius 2 is 1.87 bits per heavy atom. The third-order valence-corrected chi connectivity index (χ3v) is 4.98. The Kier molecular flexibility index (Phi) is 5.46. The number of esters is 1. The molecule has 8 nitrogen and oxygen atoms in total. The summed E-state index contributed by atoms with van der Waals surface area (Å²) in [5.74, 6) is -1.37. The molecule has 0 unspecified atom stereocenters. The number of non-ortho nitro benzene ring substituents is 1. The molecule has 31 heavy (non-hydrogen) atoms. The van der Waals surface area contributed by atoms with Crippen molar-refractivity contribution in [3.8, 4) is 22.6 Å². The van der Waals surface area contributed by atoms with E-state index in [2.05, 4.69) is 0 Å². The van der Waals surface area contributed by atoms with E-state index < -0.39 is 28.3 Å². The Labute approximate surface area is 177 Å². The number of nitrogens with zero attached hydrogens (tertiary/aromatic N) is 1. The van der Waals surface area contributed by atoms with Gasteiger partial charge in [-0.05, 0) is 35.9 Å². The fourth-order valence-corrected chi connectivity index (χ4v) is 3.57. The Hall–Kier alpha value is -4.05. The van der Waals surface area contributed by atoms with E-state index in [4.69, 9.17) is 13.9 Å². The molecular weight excluding hydrogens is 429 g/mol. The van der Waals surface area contributed by atoms with Crippen LogP contribution in [-0.2, 0) is 4.79 Å². The van der Waals surface area contributed by atoms with E-state index in [1.54, 1.807) is 6.07 Å². The lowest BCUT2D eigenvalue weighted by atomic mass is 10.0. The molecule has 3 aromatic carbocycles. The number of benzene rings is 3. The summed E-state index contributed by atoms with van der Waals surface area (Å²) < 4.78 is 29.7. The molecule has 0 aliphatic rings. The van der Waals surface area contributed by atoms with E-state index in [1.165, 1.54) is 54.6 Å². The van der Waals surface area contributed by atoms with Crippen molar-refractivity contribution in [3.63, 3.8) is 0 Å². The summed E-state index contributed by atoms with van der Waals surface area (Å²) in [4.78, 5) is 33.7. The molecule has 0 amide bonds. The molecule has 0 saturated carbocycles. The van der Waals surface area contributed by atoms with Crippen LogP contribution in [0.1, 0.15) is 0 Å². The van der Waals surface area contributed by atoms with Crippen LogP contribution in [0.2, 0.25) is 0 Å². The number of ether oxygens (including phenoxy) is 2. The highest BCUT2D eigenvalue weighted by atomic mass is 32.1. The third-order valence-electron chi connectivity index (χ3n) is 4.21. The van der Waals surface area contributed by atoms with Gasteiger partial charge in [0.2, 0.25) is 0 Å². The molecule has 1 heterocycles. The van der Waals surface area contributed by atoms with Crippen LogP contribution in [0.15, 0.2) is 69.9 Å². The van der Waals surface area contributed by atoms with Gasteiger partial charge in [0.25, 0.3) is 5.69 Å². The maximum Gasteiger partial charge on any atom is 0.396 e. The average Bonchev–Trinajstić information content (AvgIpc) is 3.12. The van der Waals surface area contributed by atoms with Crippen LogP contribution in [0, 0.1) is 15.9 Å². The Balaban J connectivity index is 1.61. The summed E-state index contributed by atoms with van der Waals surface area (Å²) in [5, 5.41) is 10.9. The van der Waals surface area contributed by atoms with Gasteiger partial charge in [0.1, 0.15) is 5.75 Å². The number of nitro benzene ring substituents is 1. The van der Waals surface area contributed by atoms with Crippen molar-refractivity contribution in [2.75, 3.05) is 6.61 Å². The van der Waals surface area contributed by atoms with Gasteiger partial charge in [0.05, 0.1) is 9.62 Å². The second kappa shape index (κ2) is 8.36.